The summed E-state index contributed by atoms with van der Waals surface area (Å²) in [7, 11) is 0. The Morgan fingerprint density at radius 3 is 3.19 bits per heavy atom. The average Bonchev–Trinajstić information content (AvgIpc) is 2.91. The summed E-state index contributed by atoms with van der Waals surface area (Å²) in [4.78, 5) is 10.1. The minimum absolute atomic E-state index is 0.0572. The van der Waals surface area contributed by atoms with Crippen LogP contribution in [0.2, 0.25) is 0 Å². The van der Waals surface area contributed by atoms with Gasteiger partial charge in [0.25, 0.3) is 0 Å². The number of hydrogen-bond acceptors (Lipinski definition) is 2. The Labute approximate surface area is 104 Å². The lowest BCUT2D eigenvalue weighted by atomic mass is 10.2. The summed E-state index contributed by atoms with van der Waals surface area (Å²) in [5.41, 5.74) is 1.52. The van der Waals surface area contributed by atoms with Crippen molar-refractivity contribution in [2.24, 2.45) is 0 Å². The Morgan fingerprint density at radius 1 is 1.50 bits per heavy atom. The van der Waals surface area contributed by atoms with E-state index in [0.29, 0.717) is 0 Å². The minimum Gasteiger partial charge on any atom is -0.349 e. The lowest BCUT2D eigenvalue weighted by Crippen LogP contribution is -1.95. The summed E-state index contributed by atoms with van der Waals surface area (Å²) in [5, 5.41) is 0.0572. The molecule has 1 aliphatic carbocycles. The molecule has 1 N–H and O–H groups in total. The van der Waals surface area contributed by atoms with Crippen LogP contribution in [-0.4, -0.2) is 9.97 Å². The summed E-state index contributed by atoms with van der Waals surface area (Å²) in [6.07, 6.45) is 8.18. The van der Waals surface area contributed by atoms with E-state index >= 15 is 0 Å². The molecule has 2 aromatic rings. The summed E-state index contributed by atoms with van der Waals surface area (Å²) in [6, 6.07) is 2.29. The average molecular weight is 253 g/mol. The maximum absolute atomic E-state index is 6.41. The maximum Gasteiger partial charge on any atom is 0.107 e. The van der Waals surface area contributed by atoms with Crippen molar-refractivity contribution in [1.29, 1.82) is 0 Å². The molecule has 2 heterocycles. The lowest BCUT2D eigenvalue weighted by molar-refractivity contribution is 0.863. The minimum atomic E-state index is 0.0572. The van der Waals surface area contributed by atoms with Gasteiger partial charge in [0, 0.05) is 28.6 Å². The molecule has 1 aliphatic rings. The van der Waals surface area contributed by atoms with Crippen LogP contribution in [0.25, 0.3) is 0 Å². The second kappa shape index (κ2) is 4.22. The first-order valence-corrected chi connectivity index (χ1v) is 6.82. The zero-order chi connectivity index (χ0) is 11.0. The monoisotopic (exact) mass is 252 g/mol. The fourth-order valence-corrected chi connectivity index (χ4v) is 3.76. The van der Waals surface area contributed by atoms with E-state index in [1.165, 1.54) is 29.7 Å². The van der Waals surface area contributed by atoms with E-state index in [2.05, 4.69) is 16.0 Å². The number of H-pyrrole nitrogens is 1. The van der Waals surface area contributed by atoms with Gasteiger partial charge in [-0.05, 0) is 30.9 Å². The number of hydrogen-bond donors (Lipinski definition) is 1. The van der Waals surface area contributed by atoms with Crippen LogP contribution in [-0.2, 0) is 19.3 Å². The normalized spacial score (nSPS) is 16.3. The summed E-state index contributed by atoms with van der Waals surface area (Å²) >= 11 is 8.29. The van der Waals surface area contributed by atoms with Crippen molar-refractivity contribution in [3.63, 3.8) is 0 Å². The highest BCUT2D eigenvalue weighted by molar-refractivity contribution is 7.12. The van der Waals surface area contributed by atoms with Gasteiger partial charge in [-0.25, -0.2) is 4.98 Å². The lowest BCUT2D eigenvalue weighted by Gasteiger charge is -2.04. The van der Waals surface area contributed by atoms with Gasteiger partial charge in [-0.15, -0.1) is 22.9 Å². The predicted octanol–water partition coefficient (Wildman–Crippen LogP) is 3.48. The van der Waals surface area contributed by atoms with E-state index in [4.69, 9.17) is 11.6 Å². The van der Waals surface area contributed by atoms with Crippen molar-refractivity contribution in [2.75, 3.05) is 0 Å². The molecule has 4 heteroatoms. The van der Waals surface area contributed by atoms with Crippen molar-refractivity contribution in [2.45, 2.75) is 31.1 Å². The quantitative estimate of drug-likeness (QED) is 0.833. The molecule has 3 rings (SSSR count). The molecule has 0 aromatic carbocycles. The Kier molecular flexibility index (Phi) is 2.74. The number of halogens is 1. The van der Waals surface area contributed by atoms with Crippen LogP contribution >= 0.6 is 22.9 Å². The van der Waals surface area contributed by atoms with Gasteiger partial charge in [0.05, 0.1) is 5.38 Å². The van der Waals surface area contributed by atoms with E-state index in [1.54, 1.807) is 11.1 Å². The number of fused-ring (bicyclic) bond motifs is 1. The van der Waals surface area contributed by atoms with Crippen LogP contribution in [0.4, 0.5) is 0 Å². The molecule has 0 saturated carbocycles. The first kappa shape index (κ1) is 10.4. The van der Waals surface area contributed by atoms with Crippen molar-refractivity contribution in [3.05, 3.63) is 39.6 Å². The van der Waals surface area contributed by atoms with Crippen LogP contribution in [0.3, 0.4) is 0 Å². The van der Waals surface area contributed by atoms with Crippen molar-refractivity contribution in [1.82, 2.24) is 9.97 Å². The highest BCUT2D eigenvalue weighted by Crippen LogP contribution is 2.37. The molecular weight excluding hydrogens is 240 g/mol. The second-order valence-corrected chi connectivity index (χ2v) is 5.85. The number of rotatable bonds is 3. The van der Waals surface area contributed by atoms with Gasteiger partial charge in [0.15, 0.2) is 0 Å². The van der Waals surface area contributed by atoms with Crippen LogP contribution in [0.15, 0.2) is 18.5 Å². The zero-order valence-electron chi connectivity index (χ0n) is 8.87. The third kappa shape index (κ3) is 1.89. The molecule has 0 saturated heterocycles. The van der Waals surface area contributed by atoms with Crippen LogP contribution in [0.5, 0.6) is 0 Å². The highest BCUT2D eigenvalue weighted by atomic mass is 35.5. The molecule has 2 aromatic heterocycles. The Hall–Kier alpha value is -0.800. The Balaban J connectivity index is 1.76. The summed E-state index contributed by atoms with van der Waals surface area (Å²) in [6.45, 7) is 0. The number of nitrogens with zero attached hydrogens (tertiary/aromatic N) is 1. The third-order valence-corrected chi connectivity index (χ3v) is 4.87. The van der Waals surface area contributed by atoms with Gasteiger partial charge >= 0.3 is 0 Å². The van der Waals surface area contributed by atoms with E-state index in [0.717, 1.165) is 12.2 Å². The SMILES string of the molecule is ClC(Cc1ncc[nH]1)c1cc2c(s1)CCC2. The summed E-state index contributed by atoms with van der Waals surface area (Å²) in [5.74, 6) is 0.966. The molecule has 2 nitrogen and oxygen atoms in total. The number of nitrogens with one attached hydrogen (secondary N) is 1. The molecule has 1 unspecified atom stereocenters. The molecular formula is C12H13ClN2S. The molecule has 0 bridgehead atoms. The van der Waals surface area contributed by atoms with E-state index in [1.807, 2.05) is 17.5 Å². The van der Waals surface area contributed by atoms with Crippen molar-refractivity contribution in [3.8, 4) is 0 Å². The second-order valence-electron chi connectivity index (χ2n) is 4.16. The molecule has 1 atom stereocenters. The third-order valence-electron chi connectivity index (χ3n) is 3.00. The number of alkyl halides is 1. The first-order chi connectivity index (χ1) is 7.83. The van der Waals surface area contributed by atoms with Gasteiger partial charge in [-0.3, -0.25) is 0 Å². The van der Waals surface area contributed by atoms with Gasteiger partial charge in [-0.2, -0.15) is 0 Å². The zero-order valence-corrected chi connectivity index (χ0v) is 10.4. The van der Waals surface area contributed by atoms with Gasteiger partial charge in [0.1, 0.15) is 5.82 Å². The van der Waals surface area contributed by atoms with Crippen molar-refractivity contribution >= 4 is 22.9 Å². The fourth-order valence-electron chi connectivity index (χ4n) is 2.19. The van der Waals surface area contributed by atoms with E-state index in [9.17, 15) is 0 Å². The largest absolute Gasteiger partial charge is 0.349 e. The number of aromatic amines is 1. The van der Waals surface area contributed by atoms with E-state index < -0.39 is 0 Å². The number of aromatic nitrogens is 2. The number of aryl methyl sites for hydroxylation is 2. The van der Waals surface area contributed by atoms with Crippen LogP contribution in [0.1, 0.15) is 32.9 Å². The van der Waals surface area contributed by atoms with E-state index in [-0.39, 0.29) is 5.38 Å². The Bertz CT molecular complexity index is 454. The molecule has 0 amide bonds. The molecule has 16 heavy (non-hydrogen) atoms. The standard InChI is InChI=1S/C12H13ClN2S/c13-9(7-12-14-4-5-15-12)11-6-8-2-1-3-10(8)16-11/h4-6,9H,1-3,7H2,(H,14,15). The van der Waals surface area contributed by atoms with Crippen LogP contribution in [0, 0.1) is 0 Å². The van der Waals surface area contributed by atoms with Gasteiger partial charge in [0.2, 0.25) is 0 Å². The summed E-state index contributed by atoms with van der Waals surface area (Å²) < 4.78 is 0. The topological polar surface area (TPSA) is 28.7 Å². The fraction of sp³-hybridized carbons (Fsp3) is 0.417. The predicted molar refractivity (Wildman–Crippen MR) is 67.2 cm³/mol. The molecule has 0 fully saturated rings. The number of imidazole rings is 1. The molecule has 0 spiro atoms. The van der Waals surface area contributed by atoms with Crippen LogP contribution < -0.4 is 0 Å². The number of thiophene rings is 1. The molecule has 84 valence electrons. The van der Waals surface area contributed by atoms with Gasteiger partial charge in [-0.1, -0.05) is 0 Å². The first-order valence-electron chi connectivity index (χ1n) is 5.57. The maximum atomic E-state index is 6.41. The molecule has 0 radical (unpaired) electrons. The Morgan fingerprint density at radius 2 is 2.44 bits per heavy atom. The van der Waals surface area contributed by atoms with Gasteiger partial charge < -0.3 is 4.98 Å². The smallest absolute Gasteiger partial charge is 0.107 e. The highest BCUT2D eigenvalue weighted by Gasteiger charge is 2.19. The van der Waals surface area contributed by atoms with Crippen molar-refractivity contribution < 1.29 is 0 Å². The molecule has 0 aliphatic heterocycles.